The molecule has 0 aromatic carbocycles. The molecule has 0 spiro atoms. The third-order valence-corrected chi connectivity index (χ3v) is 3.48. The van der Waals surface area contributed by atoms with Crippen molar-refractivity contribution < 1.29 is 4.74 Å². The minimum Gasteiger partial charge on any atom is -0.493 e. The smallest absolute Gasteiger partial charge is 0.162 e. The number of nitrogens with two attached hydrogens (primary N) is 1. The van der Waals surface area contributed by atoms with Gasteiger partial charge in [0.05, 0.1) is 24.7 Å². The monoisotopic (exact) mass is 292 g/mol. The van der Waals surface area contributed by atoms with E-state index in [2.05, 4.69) is 36.4 Å². The van der Waals surface area contributed by atoms with Crippen LogP contribution >= 0.6 is 0 Å². The van der Waals surface area contributed by atoms with Gasteiger partial charge in [-0.3, -0.25) is 15.2 Å². The summed E-state index contributed by atoms with van der Waals surface area (Å²) in [5, 5.41) is 8.90. The highest BCUT2D eigenvalue weighted by Gasteiger charge is 2.26. The number of hydrazine groups is 1. The van der Waals surface area contributed by atoms with Crippen molar-refractivity contribution in [1.82, 2.24) is 25.0 Å². The minimum absolute atomic E-state index is 0.207. The van der Waals surface area contributed by atoms with Gasteiger partial charge in [0, 0.05) is 12.6 Å². The van der Waals surface area contributed by atoms with Crippen LogP contribution in [0.3, 0.4) is 0 Å². The predicted octanol–water partition coefficient (Wildman–Crippen LogP) is 1.55. The van der Waals surface area contributed by atoms with E-state index in [1.165, 1.54) is 0 Å². The van der Waals surface area contributed by atoms with Gasteiger partial charge >= 0.3 is 0 Å². The molecule has 0 aliphatic heterocycles. The molecule has 2 aromatic rings. The SMILES string of the molecule is CCn1nc(C)cc1C(NN)c1c(OC)cnn1C(C)C. The molecule has 0 bridgehead atoms. The molecule has 0 amide bonds. The quantitative estimate of drug-likeness (QED) is 0.623. The predicted molar refractivity (Wildman–Crippen MR) is 81.0 cm³/mol. The van der Waals surface area contributed by atoms with Crippen LogP contribution in [0.5, 0.6) is 5.75 Å². The normalized spacial score (nSPS) is 12.9. The standard InChI is InChI=1S/C14H24N6O/c1-6-19-11(7-10(4)18-19)13(17-15)14-12(21-5)8-16-20(14)9(2)3/h7-9,13,17H,6,15H2,1-5H3. The van der Waals surface area contributed by atoms with Crippen molar-refractivity contribution in [2.75, 3.05) is 7.11 Å². The number of ether oxygens (including phenoxy) is 1. The van der Waals surface area contributed by atoms with Gasteiger partial charge in [0.2, 0.25) is 0 Å². The maximum Gasteiger partial charge on any atom is 0.162 e. The summed E-state index contributed by atoms with van der Waals surface area (Å²) in [7, 11) is 1.64. The fourth-order valence-corrected chi connectivity index (χ4v) is 2.55. The number of methoxy groups -OCH3 is 1. The third-order valence-electron chi connectivity index (χ3n) is 3.48. The molecule has 3 N–H and O–H groups in total. The number of hydrogen-bond acceptors (Lipinski definition) is 5. The number of rotatable bonds is 6. The van der Waals surface area contributed by atoms with Crippen LogP contribution < -0.4 is 16.0 Å². The van der Waals surface area contributed by atoms with Crippen LogP contribution in [0.15, 0.2) is 12.3 Å². The van der Waals surface area contributed by atoms with Gasteiger partial charge in [-0.25, -0.2) is 5.43 Å². The molecule has 7 heteroatoms. The lowest BCUT2D eigenvalue weighted by atomic mass is 10.1. The van der Waals surface area contributed by atoms with Crippen LogP contribution in [0.2, 0.25) is 0 Å². The van der Waals surface area contributed by atoms with E-state index in [0.29, 0.717) is 5.75 Å². The second-order valence-electron chi connectivity index (χ2n) is 5.26. The zero-order valence-corrected chi connectivity index (χ0v) is 13.3. The summed E-state index contributed by atoms with van der Waals surface area (Å²) < 4.78 is 9.32. The Morgan fingerprint density at radius 1 is 1.43 bits per heavy atom. The summed E-state index contributed by atoms with van der Waals surface area (Å²) in [6.07, 6.45) is 1.72. The second kappa shape index (κ2) is 6.28. The lowest BCUT2D eigenvalue weighted by Gasteiger charge is -2.21. The zero-order valence-electron chi connectivity index (χ0n) is 13.3. The van der Waals surface area contributed by atoms with Crippen LogP contribution in [0, 0.1) is 6.92 Å². The summed E-state index contributed by atoms with van der Waals surface area (Å²) in [4.78, 5) is 0. The van der Waals surface area contributed by atoms with Crippen molar-refractivity contribution in [1.29, 1.82) is 0 Å². The molecule has 1 atom stereocenters. The molecule has 116 valence electrons. The highest BCUT2D eigenvalue weighted by Crippen LogP contribution is 2.31. The summed E-state index contributed by atoms with van der Waals surface area (Å²) in [6, 6.07) is 2.01. The fourth-order valence-electron chi connectivity index (χ4n) is 2.55. The van der Waals surface area contributed by atoms with Crippen LogP contribution in [-0.2, 0) is 6.54 Å². The summed E-state index contributed by atoms with van der Waals surface area (Å²) in [5.74, 6) is 6.55. The molecule has 0 fully saturated rings. The van der Waals surface area contributed by atoms with E-state index < -0.39 is 0 Å². The Labute approximate surface area is 125 Å². The van der Waals surface area contributed by atoms with Gasteiger partial charge in [-0.2, -0.15) is 10.2 Å². The van der Waals surface area contributed by atoms with Crippen molar-refractivity contribution >= 4 is 0 Å². The maximum absolute atomic E-state index is 5.83. The van der Waals surface area contributed by atoms with E-state index in [4.69, 9.17) is 10.6 Å². The molecule has 0 radical (unpaired) electrons. The Morgan fingerprint density at radius 2 is 2.14 bits per heavy atom. The molecule has 2 heterocycles. The number of nitrogens with one attached hydrogen (secondary N) is 1. The van der Waals surface area contributed by atoms with Gasteiger partial charge in [0.25, 0.3) is 0 Å². The maximum atomic E-state index is 5.83. The van der Waals surface area contributed by atoms with Crippen molar-refractivity contribution in [2.45, 2.75) is 46.3 Å². The highest BCUT2D eigenvalue weighted by molar-refractivity contribution is 5.35. The first kappa shape index (κ1) is 15.5. The first-order valence-corrected chi connectivity index (χ1v) is 7.15. The summed E-state index contributed by atoms with van der Waals surface area (Å²) in [5.41, 5.74) is 5.74. The lowest BCUT2D eigenvalue weighted by molar-refractivity contribution is 0.390. The number of nitrogens with zero attached hydrogens (tertiary/aromatic N) is 4. The van der Waals surface area contributed by atoms with Gasteiger partial charge in [0.1, 0.15) is 11.7 Å². The van der Waals surface area contributed by atoms with Crippen LogP contribution in [0.1, 0.15) is 49.9 Å². The summed E-state index contributed by atoms with van der Waals surface area (Å²) in [6.45, 7) is 8.96. The molecule has 1 unspecified atom stereocenters. The number of hydrogen-bond donors (Lipinski definition) is 2. The average molecular weight is 292 g/mol. The molecule has 7 nitrogen and oxygen atoms in total. The number of aryl methyl sites for hydroxylation is 2. The zero-order chi connectivity index (χ0) is 15.6. The van der Waals surface area contributed by atoms with Gasteiger partial charge in [-0.15, -0.1) is 0 Å². The van der Waals surface area contributed by atoms with Crippen LogP contribution in [-0.4, -0.2) is 26.7 Å². The molecule has 2 aromatic heterocycles. The first-order chi connectivity index (χ1) is 10.0. The van der Waals surface area contributed by atoms with E-state index in [0.717, 1.165) is 23.6 Å². The Bertz CT molecular complexity index is 601. The van der Waals surface area contributed by atoms with Gasteiger partial charge < -0.3 is 4.74 Å². The molecule has 2 rings (SSSR count). The summed E-state index contributed by atoms with van der Waals surface area (Å²) >= 11 is 0. The van der Waals surface area contributed by atoms with Gasteiger partial charge in [0.15, 0.2) is 5.75 Å². The minimum atomic E-state index is -0.231. The van der Waals surface area contributed by atoms with Crippen molar-refractivity contribution in [3.05, 3.63) is 29.3 Å². The lowest BCUT2D eigenvalue weighted by Crippen LogP contribution is -2.33. The Morgan fingerprint density at radius 3 is 2.67 bits per heavy atom. The molecule has 21 heavy (non-hydrogen) atoms. The van der Waals surface area contributed by atoms with Crippen molar-refractivity contribution in [3.8, 4) is 5.75 Å². The Balaban J connectivity index is 2.58. The molecule has 0 saturated heterocycles. The van der Waals surface area contributed by atoms with E-state index in [1.807, 2.05) is 22.4 Å². The fraction of sp³-hybridized carbons (Fsp3) is 0.571. The molecular formula is C14H24N6O. The van der Waals surface area contributed by atoms with Crippen LogP contribution in [0.25, 0.3) is 0 Å². The van der Waals surface area contributed by atoms with Gasteiger partial charge in [-0.1, -0.05) is 0 Å². The highest BCUT2D eigenvalue weighted by atomic mass is 16.5. The topological polar surface area (TPSA) is 82.9 Å². The third kappa shape index (κ3) is 2.79. The number of aromatic nitrogens is 4. The van der Waals surface area contributed by atoms with Crippen molar-refractivity contribution in [2.24, 2.45) is 5.84 Å². The van der Waals surface area contributed by atoms with E-state index >= 15 is 0 Å². The molecule has 0 aliphatic rings. The Kier molecular flexibility index (Phi) is 4.64. The first-order valence-electron chi connectivity index (χ1n) is 7.15. The van der Waals surface area contributed by atoms with Crippen molar-refractivity contribution in [3.63, 3.8) is 0 Å². The van der Waals surface area contributed by atoms with E-state index in [-0.39, 0.29) is 12.1 Å². The van der Waals surface area contributed by atoms with Gasteiger partial charge in [-0.05, 0) is 33.8 Å². The van der Waals surface area contributed by atoms with Crippen LogP contribution in [0.4, 0.5) is 0 Å². The largest absolute Gasteiger partial charge is 0.493 e. The molecule has 0 aliphatic carbocycles. The van der Waals surface area contributed by atoms with E-state index in [9.17, 15) is 0 Å². The molecular weight excluding hydrogens is 268 g/mol. The average Bonchev–Trinajstić information content (AvgIpc) is 3.03. The van der Waals surface area contributed by atoms with E-state index in [1.54, 1.807) is 13.3 Å². The Hall–Kier alpha value is -1.86. The second-order valence-corrected chi connectivity index (χ2v) is 5.26. The molecule has 0 saturated carbocycles.